The van der Waals surface area contributed by atoms with Crippen LogP contribution in [-0.4, -0.2) is 0 Å². The number of hydrogen-bond donors (Lipinski definition) is 0. The largest absolute Gasteiger partial charge is 0.456 e. The zero-order valence-corrected chi connectivity index (χ0v) is 25.1. The zero-order valence-electron chi connectivity index (χ0n) is 33.1. The highest BCUT2D eigenvalue weighted by molar-refractivity contribution is 6.22. The van der Waals surface area contributed by atoms with E-state index in [4.69, 9.17) is 9.90 Å². The van der Waals surface area contributed by atoms with Crippen molar-refractivity contribution in [1.82, 2.24) is 0 Å². The van der Waals surface area contributed by atoms with Gasteiger partial charge in [-0.25, -0.2) is 0 Å². The summed E-state index contributed by atoms with van der Waals surface area (Å²) in [6.07, 6.45) is 0. The number of benzene rings is 8. The van der Waals surface area contributed by atoms with Gasteiger partial charge in [-0.2, -0.15) is 0 Å². The topological polar surface area (TPSA) is 13.1 Å². The summed E-state index contributed by atoms with van der Waals surface area (Å²) in [5.74, 6) is 0. The van der Waals surface area contributed by atoms with Gasteiger partial charge in [-0.3, -0.25) is 0 Å². The molecular formula is C45H30O. The van der Waals surface area contributed by atoms with Crippen LogP contribution < -0.4 is 0 Å². The highest BCUT2D eigenvalue weighted by Gasteiger charge is 2.35. The van der Waals surface area contributed by atoms with Crippen molar-refractivity contribution in [2.45, 2.75) is 19.3 Å². The molecule has 46 heavy (non-hydrogen) atoms. The average Bonchev–Trinajstić information content (AvgIpc) is 3.65. The van der Waals surface area contributed by atoms with E-state index in [0.29, 0.717) is 33.4 Å². The van der Waals surface area contributed by atoms with E-state index >= 15 is 0 Å². The van der Waals surface area contributed by atoms with E-state index in [1.807, 2.05) is 72.8 Å². The predicted molar refractivity (Wildman–Crippen MR) is 195 cm³/mol. The normalized spacial score (nSPS) is 16.0. The summed E-state index contributed by atoms with van der Waals surface area (Å²) in [5.41, 5.74) is 7.13. The van der Waals surface area contributed by atoms with Crippen molar-refractivity contribution in [2.75, 3.05) is 0 Å². The Morgan fingerprint density at radius 3 is 1.72 bits per heavy atom. The van der Waals surface area contributed by atoms with E-state index in [2.05, 4.69) is 32.0 Å². The highest BCUT2D eigenvalue weighted by atomic mass is 16.3. The Labute approximate surface area is 278 Å². The van der Waals surface area contributed by atoms with Gasteiger partial charge in [0, 0.05) is 16.2 Å². The van der Waals surface area contributed by atoms with Gasteiger partial charge in [0.25, 0.3) is 0 Å². The Morgan fingerprint density at radius 1 is 0.478 bits per heavy atom. The molecular weight excluding hydrogens is 556 g/mol. The minimum absolute atomic E-state index is 0.187. The maximum Gasteiger partial charge on any atom is 0.136 e. The van der Waals surface area contributed by atoms with Gasteiger partial charge in [0.2, 0.25) is 0 Å². The molecule has 0 radical (unpaired) electrons. The van der Waals surface area contributed by atoms with Crippen molar-refractivity contribution in [3.63, 3.8) is 0 Å². The highest BCUT2D eigenvalue weighted by Crippen LogP contribution is 2.51. The summed E-state index contributed by atoms with van der Waals surface area (Å²) in [6.45, 7) is 4.35. The number of rotatable bonds is 2. The molecule has 0 spiro atoms. The van der Waals surface area contributed by atoms with Crippen molar-refractivity contribution in [2.24, 2.45) is 0 Å². The van der Waals surface area contributed by atoms with Gasteiger partial charge in [0.15, 0.2) is 0 Å². The zero-order chi connectivity index (χ0) is 37.5. The monoisotopic (exact) mass is 594 g/mol. The Morgan fingerprint density at radius 2 is 1.02 bits per heavy atom. The van der Waals surface area contributed by atoms with Crippen LogP contribution in [0.5, 0.6) is 0 Å². The predicted octanol–water partition coefficient (Wildman–Crippen LogP) is 12.7. The molecule has 0 aliphatic heterocycles. The maximum absolute atomic E-state index is 9.40. The van der Waals surface area contributed by atoms with E-state index in [9.17, 15) is 5.48 Å². The molecule has 10 rings (SSSR count). The minimum Gasteiger partial charge on any atom is -0.456 e. The van der Waals surface area contributed by atoms with Crippen LogP contribution in [0.25, 0.3) is 87.6 Å². The Bertz CT molecular complexity index is 3090. The summed E-state index contributed by atoms with van der Waals surface area (Å²) < 4.78 is 79.2. The molecule has 0 atom stereocenters. The number of hydrogen-bond acceptors (Lipinski definition) is 1. The van der Waals surface area contributed by atoms with Crippen LogP contribution in [0.4, 0.5) is 0 Å². The molecule has 0 fully saturated rings. The Balaban J connectivity index is 1.39. The summed E-state index contributed by atoms with van der Waals surface area (Å²) in [7, 11) is 0. The summed E-state index contributed by atoms with van der Waals surface area (Å²) in [5, 5.41) is 4.47. The second-order valence-electron chi connectivity index (χ2n) is 12.7. The fourth-order valence-electron chi connectivity index (χ4n) is 7.70. The van der Waals surface area contributed by atoms with Crippen LogP contribution >= 0.6 is 0 Å². The van der Waals surface area contributed by atoms with E-state index < -0.39 is 24.2 Å². The van der Waals surface area contributed by atoms with Crippen LogP contribution in [0, 0.1) is 0 Å². The van der Waals surface area contributed by atoms with Crippen LogP contribution in [0.2, 0.25) is 0 Å². The van der Waals surface area contributed by atoms with E-state index in [-0.39, 0.29) is 51.1 Å². The van der Waals surface area contributed by atoms with Gasteiger partial charge in [-0.05, 0) is 107 Å². The second kappa shape index (κ2) is 9.19. The van der Waals surface area contributed by atoms with E-state index in [0.717, 1.165) is 38.2 Å². The molecule has 0 N–H and O–H groups in total. The fraction of sp³-hybridized carbons (Fsp3) is 0.0667. The molecule has 1 heterocycles. The van der Waals surface area contributed by atoms with Crippen LogP contribution in [0.1, 0.15) is 35.9 Å². The SMILES string of the molecule is [2H]c1c([2H])c([2H])c2c(-c3ccc4oc5cc6ccccc6cc5c4c3)c3c([2H])c([2H])c([2H])c([2H])c3c(-c3ccc4c(c3)-c3ccccc3C4(C)C)c2c1[2H]. The molecule has 9 aromatic rings. The van der Waals surface area contributed by atoms with Crippen LogP contribution in [0.3, 0.4) is 0 Å². The molecule has 0 bridgehead atoms. The molecule has 1 heteroatoms. The molecule has 8 aromatic carbocycles. The smallest absolute Gasteiger partial charge is 0.136 e. The lowest BCUT2D eigenvalue weighted by molar-refractivity contribution is 0.660. The molecule has 1 nitrogen and oxygen atoms in total. The Hall–Kier alpha value is -5.66. The third kappa shape index (κ3) is 3.46. The van der Waals surface area contributed by atoms with Crippen molar-refractivity contribution in [3.05, 3.63) is 157 Å². The second-order valence-corrected chi connectivity index (χ2v) is 12.7. The first-order chi connectivity index (χ1) is 25.9. The average molecular weight is 595 g/mol. The van der Waals surface area contributed by atoms with Crippen LogP contribution in [-0.2, 0) is 5.41 Å². The Kier molecular flexibility index (Phi) is 3.79. The van der Waals surface area contributed by atoms with Crippen molar-refractivity contribution in [3.8, 4) is 33.4 Å². The van der Waals surface area contributed by atoms with Gasteiger partial charge in [0.1, 0.15) is 11.2 Å². The molecule has 0 amide bonds. The first-order valence-corrected chi connectivity index (χ1v) is 15.4. The van der Waals surface area contributed by atoms with Gasteiger partial charge >= 0.3 is 0 Å². The third-order valence-corrected chi connectivity index (χ3v) is 9.87. The molecule has 0 unspecified atom stereocenters. The van der Waals surface area contributed by atoms with E-state index in [1.165, 1.54) is 5.56 Å². The maximum atomic E-state index is 9.40. The number of fused-ring (bicyclic) bond motifs is 9. The number of furan rings is 1. The summed E-state index contributed by atoms with van der Waals surface area (Å²) in [4.78, 5) is 0. The summed E-state index contributed by atoms with van der Waals surface area (Å²) >= 11 is 0. The van der Waals surface area contributed by atoms with Crippen molar-refractivity contribution in [1.29, 1.82) is 0 Å². The first kappa shape index (κ1) is 19.0. The quantitative estimate of drug-likeness (QED) is 0.181. The first-order valence-electron chi connectivity index (χ1n) is 19.4. The molecule has 1 aliphatic carbocycles. The third-order valence-electron chi connectivity index (χ3n) is 9.87. The standard InChI is InChI=1S/C45H30O/c1-45(2)39-18-10-9-13-31(39)36-24-29(19-21-40(36)45)43-32-14-5-7-16-34(32)44(35-17-8-6-15-33(35)43)30-20-22-41-37(25-30)38-23-27-11-3-4-12-28(27)26-42(38)46-41/h3-26H,1-2H3/i5D,6D,7D,8D,14D,15D,16D,17D. The van der Waals surface area contributed by atoms with Gasteiger partial charge in [0.05, 0.1) is 11.0 Å². The van der Waals surface area contributed by atoms with Crippen molar-refractivity contribution < 1.29 is 15.4 Å². The summed E-state index contributed by atoms with van der Waals surface area (Å²) in [6, 6.07) is 28.9. The van der Waals surface area contributed by atoms with Crippen molar-refractivity contribution >= 4 is 54.3 Å². The lowest BCUT2D eigenvalue weighted by atomic mass is 9.81. The molecule has 0 saturated heterocycles. The molecule has 0 saturated carbocycles. The minimum atomic E-state index is -0.425. The van der Waals surface area contributed by atoms with E-state index in [1.54, 1.807) is 6.07 Å². The van der Waals surface area contributed by atoms with Crippen LogP contribution in [0.15, 0.2) is 150 Å². The van der Waals surface area contributed by atoms with Gasteiger partial charge in [-0.15, -0.1) is 0 Å². The molecule has 1 aromatic heterocycles. The fourth-order valence-corrected chi connectivity index (χ4v) is 7.70. The molecule has 216 valence electrons. The van der Waals surface area contributed by atoms with Gasteiger partial charge < -0.3 is 4.42 Å². The lowest BCUT2D eigenvalue weighted by Crippen LogP contribution is -2.14. The lowest BCUT2D eigenvalue weighted by Gasteiger charge is -2.22. The van der Waals surface area contributed by atoms with Gasteiger partial charge in [-0.1, -0.05) is 129 Å². The molecule has 1 aliphatic rings.